The first-order valence-electron chi connectivity index (χ1n) is 5.69. The normalized spacial score (nSPS) is 12.9. The number of nitrogens with two attached hydrogens (primary N) is 1. The average Bonchev–Trinajstić information content (AvgIpc) is 2.77. The summed E-state index contributed by atoms with van der Waals surface area (Å²) in [5, 5.41) is 17.9. The molecule has 104 valence electrons. The maximum absolute atomic E-state index is 11.6. The fourth-order valence-electron chi connectivity index (χ4n) is 1.71. The minimum atomic E-state index is -0.521. The first-order valence-corrected chi connectivity index (χ1v) is 5.69. The fraction of sp³-hybridized carbons (Fsp3) is 0.500. The zero-order chi connectivity index (χ0) is 13.8. The number of aliphatic hydroxyl groups excluding tert-OH is 2. The van der Waals surface area contributed by atoms with Gasteiger partial charge in [-0.1, -0.05) is 0 Å². The Morgan fingerprint density at radius 3 is 3.00 bits per heavy atom. The van der Waals surface area contributed by atoms with Gasteiger partial charge in [-0.2, -0.15) is 4.98 Å². The van der Waals surface area contributed by atoms with Crippen molar-refractivity contribution in [2.75, 3.05) is 25.6 Å². The second-order valence-electron chi connectivity index (χ2n) is 3.92. The van der Waals surface area contributed by atoms with Crippen LogP contribution in [0, 0.1) is 0 Å². The van der Waals surface area contributed by atoms with Gasteiger partial charge >= 0.3 is 0 Å². The average molecular weight is 269 g/mol. The first-order chi connectivity index (χ1) is 9.15. The summed E-state index contributed by atoms with van der Waals surface area (Å²) in [6, 6.07) is 0. The molecule has 0 saturated heterocycles. The number of hydrogen-bond acceptors (Lipinski definition) is 7. The molecule has 0 saturated carbocycles. The van der Waals surface area contributed by atoms with Gasteiger partial charge in [-0.05, 0) is 0 Å². The molecule has 19 heavy (non-hydrogen) atoms. The second-order valence-corrected chi connectivity index (χ2v) is 3.92. The van der Waals surface area contributed by atoms with Crippen LogP contribution in [0.15, 0.2) is 11.1 Å². The highest BCUT2D eigenvalue weighted by Gasteiger charge is 2.14. The minimum absolute atomic E-state index is 0.00363. The smallest absolute Gasteiger partial charge is 0.280 e. The summed E-state index contributed by atoms with van der Waals surface area (Å²) in [5.74, 6) is -0.00363. The largest absolute Gasteiger partial charge is 0.394 e. The van der Waals surface area contributed by atoms with Crippen molar-refractivity contribution in [1.82, 2.24) is 19.5 Å². The Labute approximate surface area is 107 Å². The lowest BCUT2D eigenvalue weighted by atomic mass is 10.3. The molecular formula is C10H15N5O4. The lowest BCUT2D eigenvalue weighted by Gasteiger charge is -2.15. The summed E-state index contributed by atoms with van der Waals surface area (Å²) in [7, 11) is 0. The standard InChI is InChI=1S/C10H15N5O4/c11-10-13-8-7(9(18)14-10)12-5-15(8)3-6(4-17)19-2-1-16/h5-6,16-17H,1-4H2,(H3,11,13,14,18). The van der Waals surface area contributed by atoms with Crippen LogP contribution in [-0.2, 0) is 11.3 Å². The number of hydrogen-bond donors (Lipinski definition) is 4. The second kappa shape index (κ2) is 5.78. The summed E-state index contributed by atoms with van der Waals surface area (Å²) in [5.41, 5.74) is 5.56. The molecule has 2 rings (SSSR count). The van der Waals surface area contributed by atoms with Crippen molar-refractivity contribution in [1.29, 1.82) is 0 Å². The van der Waals surface area contributed by atoms with Gasteiger partial charge in [-0.15, -0.1) is 0 Å². The Bertz CT molecular complexity index is 607. The van der Waals surface area contributed by atoms with Gasteiger partial charge in [-0.25, -0.2) is 4.98 Å². The van der Waals surface area contributed by atoms with Gasteiger partial charge in [0, 0.05) is 0 Å². The van der Waals surface area contributed by atoms with Crippen molar-refractivity contribution in [2.24, 2.45) is 0 Å². The lowest BCUT2D eigenvalue weighted by Crippen LogP contribution is -2.25. The first kappa shape index (κ1) is 13.5. The minimum Gasteiger partial charge on any atom is -0.394 e. The number of nitrogens with one attached hydrogen (secondary N) is 1. The Hall–Kier alpha value is -1.97. The number of aliphatic hydroxyl groups is 2. The predicted molar refractivity (Wildman–Crippen MR) is 66.5 cm³/mol. The number of rotatable bonds is 6. The van der Waals surface area contributed by atoms with E-state index in [1.807, 2.05) is 0 Å². The van der Waals surface area contributed by atoms with E-state index in [2.05, 4.69) is 15.0 Å². The monoisotopic (exact) mass is 269 g/mol. The number of nitrogens with zero attached hydrogens (tertiary/aromatic N) is 3. The number of ether oxygens (including phenoxy) is 1. The van der Waals surface area contributed by atoms with E-state index in [-0.39, 0.29) is 37.8 Å². The predicted octanol–water partition coefficient (Wildman–Crippen LogP) is -1.93. The van der Waals surface area contributed by atoms with E-state index in [0.29, 0.717) is 5.65 Å². The number of aromatic nitrogens is 4. The summed E-state index contributed by atoms with van der Waals surface area (Å²) in [6.07, 6.45) is 0.906. The van der Waals surface area contributed by atoms with E-state index in [1.165, 1.54) is 6.33 Å². The highest BCUT2D eigenvalue weighted by molar-refractivity contribution is 5.70. The molecule has 0 fully saturated rings. The highest BCUT2D eigenvalue weighted by atomic mass is 16.5. The van der Waals surface area contributed by atoms with E-state index in [9.17, 15) is 9.90 Å². The molecule has 9 nitrogen and oxygen atoms in total. The van der Waals surface area contributed by atoms with Crippen molar-refractivity contribution in [3.8, 4) is 0 Å². The molecule has 0 aliphatic rings. The Balaban J connectivity index is 2.27. The molecule has 0 amide bonds. The van der Waals surface area contributed by atoms with Gasteiger partial charge in [-0.3, -0.25) is 9.78 Å². The molecule has 9 heteroatoms. The number of anilines is 1. The van der Waals surface area contributed by atoms with Gasteiger partial charge < -0.3 is 25.3 Å². The molecule has 2 aromatic heterocycles. The van der Waals surface area contributed by atoms with Gasteiger partial charge in [0.1, 0.15) is 0 Å². The quantitative estimate of drug-likeness (QED) is 0.479. The van der Waals surface area contributed by atoms with E-state index < -0.39 is 11.7 Å². The van der Waals surface area contributed by atoms with Crippen LogP contribution in [0.5, 0.6) is 0 Å². The van der Waals surface area contributed by atoms with E-state index in [1.54, 1.807) is 4.57 Å². The third-order valence-electron chi connectivity index (χ3n) is 2.54. The van der Waals surface area contributed by atoms with Crippen molar-refractivity contribution in [2.45, 2.75) is 12.6 Å². The topological polar surface area (TPSA) is 139 Å². The molecule has 5 N–H and O–H groups in total. The van der Waals surface area contributed by atoms with Crippen LogP contribution in [-0.4, -0.2) is 55.7 Å². The van der Waals surface area contributed by atoms with Crippen LogP contribution in [0.25, 0.3) is 11.2 Å². The molecule has 0 radical (unpaired) electrons. The van der Waals surface area contributed by atoms with Crippen LogP contribution < -0.4 is 11.3 Å². The Morgan fingerprint density at radius 1 is 1.53 bits per heavy atom. The molecule has 1 atom stereocenters. The third-order valence-corrected chi connectivity index (χ3v) is 2.54. The fourth-order valence-corrected chi connectivity index (χ4v) is 1.71. The molecular weight excluding hydrogens is 254 g/mol. The summed E-state index contributed by atoms with van der Waals surface area (Å²) < 4.78 is 6.80. The van der Waals surface area contributed by atoms with Crippen molar-refractivity contribution < 1.29 is 14.9 Å². The van der Waals surface area contributed by atoms with Crippen molar-refractivity contribution in [3.63, 3.8) is 0 Å². The third kappa shape index (κ3) is 2.89. The zero-order valence-corrected chi connectivity index (χ0v) is 10.1. The number of nitrogen functional groups attached to an aromatic ring is 1. The Kier molecular flexibility index (Phi) is 4.10. The van der Waals surface area contributed by atoms with Gasteiger partial charge in [0.2, 0.25) is 5.95 Å². The number of H-pyrrole nitrogens is 1. The van der Waals surface area contributed by atoms with Crippen LogP contribution in [0.3, 0.4) is 0 Å². The van der Waals surface area contributed by atoms with Crippen molar-refractivity contribution in [3.05, 3.63) is 16.7 Å². The van der Waals surface area contributed by atoms with Crippen molar-refractivity contribution >= 4 is 17.1 Å². The summed E-state index contributed by atoms with van der Waals surface area (Å²) in [6.45, 7) is 0.0152. The zero-order valence-electron chi connectivity index (χ0n) is 10.1. The highest BCUT2D eigenvalue weighted by Crippen LogP contribution is 2.08. The number of fused-ring (bicyclic) bond motifs is 1. The molecule has 0 aliphatic carbocycles. The lowest BCUT2D eigenvalue weighted by molar-refractivity contribution is -0.0115. The van der Waals surface area contributed by atoms with Crippen LogP contribution in [0.2, 0.25) is 0 Å². The molecule has 0 bridgehead atoms. The van der Waals surface area contributed by atoms with Crippen LogP contribution in [0.4, 0.5) is 5.95 Å². The summed E-state index contributed by atoms with van der Waals surface area (Å²) in [4.78, 5) is 21.9. The molecule has 0 spiro atoms. The SMILES string of the molecule is Nc1nc2c(ncn2CC(CO)OCCO)c(=O)[nH]1. The number of aromatic amines is 1. The van der Waals surface area contributed by atoms with Gasteiger partial charge in [0.15, 0.2) is 11.2 Å². The molecule has 2 heterocycles. The van der Waals surface area contributed by atoms with Gasteiger partial charge in [0.25, 0.3) is 5.56 Å². The molecule has 1 unspecified atom stereocenters. The van der Waals surface area contributed by atoms with E-state index >= 15 is 0 Å². The molecule has 2 aromatic rings. The van der Waals surface area contributed by atoms with Crippen LogP contribution >= 0.6 is 0 Å². The van der Waals surface area contributed by atoms with E-state index in [0.717, 1.165) is 0 Å². The van der Waals surface area contributed by atoms with E-state index in [4.69, 9.17) is 15.6 Å². The maximum atomic E-state index is 11.6. The molecule has 0 aromatic carbocycles. The molecule has 0 aliphatic heterocycles. The Morgan fingerprint density at radius 2 is 2.32 bits per heavy atom. The number of imidazole rings is 1. The summed E-state index contributed by atoms with van der Waals surface area (Å²) >= 11 is 0. The maximum Gasteiger partial charge on any atom is 0.280 e. The van der Waals surface area contributed by atoms with Crippen LogP contribution in [0.1, 0.15) is 0 Å². The van der Waals surface area contributed by atoms with Gasteiger partial charge in [0.05, 0.1) is 38.8 Å².